The molecule has 0 saturated heterocycles. The molecule has 1 aliphatic carbocycles. The van der Waals surface area contributed by atoms with E-state index >= 15 is 0 Å². The standard InChI is InChI=1S/C19H13NO4/c1-9-4-3-5-10(6-9)15-16(21)11-7-13-14(8-12(11)17(15)22)19(24)20(2)18(13)23/h3-8,15H,1-2H3. The fraction of sp³-hybridized carbons (Fsp3) is 0.158. The van der Waals surface area contributed by atoms with E-state index in [-0.39, 0.29) is 33.8 Å². The van der Waals surface area contributed by atoms with Crippen LogP contribution in [0, 0.1) is 6.92 Å². The summed E-state index contributed by atoms with van der Waals surface area (Å²) in [6, 6.07) is 10.0. The maximum Gasteiger partial charge on any atom is 0.261 e. The minimum Gasteiger partial charge on any atom is -0.293 e. The molecule has 1 aliphatic heterocycles. The van der Waals surface area contributed by atoms with Gasteiger partial charge in [-0.2, -0.15) is 0 Å². The Bertz CT molecular complexity index is 918. The van der Waals surface area contributed by atoms with Crippen LogP contribution in [-0.2, 0) is 0 Å². The maximum absolute atomic E-state index is 12.8. The molecule has 0 bridgehead atoms. The molecular formula is C19H13NO4. The first-order valence-corrected chi connectivity index (χ1v) is 7.55. The van der Waals surface area contributed by atoms with Crippen LogP contribution in [0.4, 0.5) is 0 Å². The van der Waals surface area contributed by atoms with Crippen molar-refractivity contribution in [3.63, 3.8) is 0 Å². The van der Waals surface area contributed by atoms with Crippen molar-refractivity contribution in [3.8, 4) is 0 Å². The number of benzene rings is 2. The van der Waals surface area contributed by atoms with Crippen molar-refractivity contribution in [3.05, 3.63) is 69.8 Å². The van der Waals surface area contributed by atoms with Crippen LogP contribution in [0.2, 0.25) is 0 Å². The smallest absolute Gasteiger partial charge is 0.261 e. The number of nitrogens with zero attached hydrogens (tertiary/aromatic N) is 1. The van der Waals surface area contributed by atoms with Gasteiger partial charge in [-0.25, -0.2) is 0 Å². The van der Waals surface area contributed by atoms with Crippen LogP contribution >= 0.6 is 0 Å². The van der Waals surface area contributed by atoms with Gasteiger partial charge in [0.25, 0.3) is 11.8 Å². The van der Waals surface area contributed by atoms with Gasteiger partial charge in [0.05, 0.1) is 11.1 Å². The highest BCUT2D eigenvalue weighted by Crippen LogP contribution is 2.37. The van der Waals surface area contributed by atoms with Gasteiger partial charge in [0.1, 0.15) is 5.92 Å². The van der Waals surface area contributed by atoms with E-state index in [1.54, 1.807) is 12.1 Å². The Kier molecular flexibility index (Phi) is 2.85. The number of amides is 2. The Hall–Kier alpha value is -3.08. The number of fused-ring (bicyclic) bond motifs is 2. The van der Waals surface area contributed by atoms with Crippen molar-refractivity contribution in [2.45, 2.75) is 12.8 Å². The molecule has 2 aliphatic rings. The lowest BCUT2D eigenvalue weighted by Crippen LogP contribution is -2.24. The van der Waals surface area contributed by atoms with Crippen LogP contribution in [0.15, 0.2) is 36.4 Å². The van der Waals surface area contributed by atoms with E-state index in [9.17, 15) is 19.2 Å². The molecule has 2 aromatic rings. The lowest BCUT2D eigenvalue weighted by Gasteiger charge is -2.08. The molecule has 0 atom stereocenters. The van der Waals surface area contributed by atoms with Gasteiger partial charge in [0.15, 0.2) is 11.6 Å². The lowest BCUT2D eigenvalue weighted by molar-refractivity contribution is 0.0692. The normalized spacial score (nSPS) is 16.8. The fourth-order valence-electron chi connectivity index (χ4n) is 3.40. The summed E-state index contributed by atoms with van der Waals surface area (Å²) in [7, 11) is 1.38. The quantitative estimate of drug-likeness (QED) is 0.597. The van der Waals surface area contributed by atoms with Crippen LogP contribution in [0.1, 0.15) is 58.5 Å². The highest BCUT2D eigenvalue weighted by molar-refractivity contribution is 6.32. The number of aryl methyl sites for hydroxylation is 1. The topological polar surface area (TPSA) is 71.5 Å². The largest absolute Gasteiger partial charge is 0.293 e. The van der Waals surface area contributed by atoms with Gasteiger partial charge in [-0.15, -0.1) is 0 Å². The molecule has 1 heterocycles. The summed E-state index contributed by atoms with van der Waals surface area (Å²) >= 11 is 0. The summed E-state index contributed by atoms with van der Waals surface area (Å²) in [6.45, 7) is 1.89. The number of Topliss-reactive ketones (excluding diaryl/α,β-unsaturated/α-hetero) is 2. The minimum absolute atomic E-state index is 0.187. The summed E-state index contributed by atoms with van der Waals surface area (Å²) in [4.78, 5) is 50.7. The Morgan fingerprint density at radius 3 is 1.83 bits per heavy atom. The van der Waals surface area contributed by atoms with Gasteiger partial charge in [-0.3, -0.25) is 24.1 Å². The second kappa shape index (κ2) is 4.71. The summed E-state index contributed by atoms with van der Waals surface area (Å²) < 4.78 is 0. The first-order valence-electron chi connectivity index (χ1n) is 7.55. The van der Waals surface area contributed by atoms with E-state index in [1.165, 1.54) is 19.2 Å². The summed E-state index contributed by atoms with van der Waals surface area (Å²) in [5, 5.41) is 0. The maximum atomic E-state index is 12.8. The van der Waals surface area contributed by atoms with Crippen molar-refractivity contribution in [1.82, 2.24) is 4.90 Å². The summed E-state index contributed by atoms with van der Waals surface area (Å²) in [5.41, 5.74) is 2.41. The molecule has 5 heteroatoms. The third-order valence-electron chi connectivity index (χ3n) is 4.66. The molecule has 0 unspecified atom stereocenters. The van der Waals surface area contributed by atoms with E-state index in [0.29, 0.717) is 5.56 Å². The van der Waals surface area contributed by atoms with Crippen molar-refractivity contribution in [2.24, 2.45) is 0 Å². The van der Waals surface area contributed by atoms with Gasteiger partial charge in [-0.1, -0.05) is 29.8 Å². The SMILES string of the molecule is Cc1cccc(C2C(=O)c3cc4c(cc3C2=O)C(=O)N(C)C4=O)c1. The van der Waals surface area contributed by atoms with Gasteiger partial charge < -0.3 is 0 Å². The molecule has 2 aromatic carbocycles. The molecule has 0 fully saturated rings. The number of hydrogen-bond donors (Lipinski definition) is 0. The van der Waals surface area contributed by atoms with Crippen molar-refractivity contribution >= 4 is 23.4 Å². The number of carbonyl (C=O) groups is 4. The van der Waals surface area contributed by atoms with Crippen molar-refractivity contribution in [2.75, 3.05) is 7.05 Å². The zero-order valence-corrected chi connectivity index (χ0v) is 13.1. The van der Waals surface area contributed by atoms with Crippen LogP contribution in [0.25, 0.3) is 0 Å². The molecule has 5 nitrogen and oxygen atoms in total. The van der Waals surface area contributed by atoms with E-state index in [4.69, 9.17) is 0 Å². The first-order chi connectivity index (χ1) is 11.4. The third-order valence-corrected chi connectivity index (χ3v) is 4.66. The van der Waals surface area contributed by atoms with Gasteiger partial charge >= 0.3 is 0 Å². The molecule has 0 radical (unpaired) electrons. The van der Waals surface area contributed by atoms with E-state index < -0.39 is 17.7 Å². The molecular weight excluding hydrogens is 306 g/mol. The number of ketones is 2. The lowest BCUT2D eigenvalue weighted by atomic mass is 9.93. The van der Waals surface area contributed by atoms with Crippen molar-refractivity contribution in [1.29, 1.82) is 0 Å². The molecule has 2 amide bonds. The monoisotopic (exact) mass is 319 g/mol. The highest BCUT2D eigenvalue weighted by atomic mass is 16.2. The van der Waals surface area contributed by atoms with Crippen LogP contribution in [0.5, 0.6) is 0 Å². The Morgan fingerprint density at radius 2 is 1.33 bits per heavy atom. The summed E-state index contributed by atoms with van der Waals surface area (Å²) in [6.07, 6.45) is 0. The van der Waals surface area contributed by atoms with Crippen LogP contribution in [-0.4, -0.2) is 35.3 Å². The average Bonchev–Trinajstić information content (AvgIpc) is 2.93. The molecule has 0 saturated carbocycles. The zero-order chi connectivity index (χ0) is 17.2. The Labute approximate surface area is 137 Å². The average molecular weight is 319 g/mol. The number of imide groups is 1. The number of rotatable bonds is 1. The zero-order valence-electron chi connectivity index (χ0n) is 13.1. The summed E-state index contributed by atoms with van der Waals surface area (Å²) in [5.74, 6) is -2.43. The molecule has 4 rings (SSSR count). The van der Waals surface area contributed by atoms with E-state index in [1.807, 2.05) is 19.1 Å². The Balaban J connectivity index is 1.87. The van der Waals surface area contributed by atoms with Crippen molar-refractivity contribution < 1.29 is 19.2 Å². The van der Waals surface area contributed by atoms with E-state index in [2.05, 4.69) is 0 Å². The van der Waals surface area contributed by atoms with Gasteiger partial charge in [0.2, 0.25) is 0 Å². The highest BCUT2D eigenvalue weighted by Gasteiger charge is 2.43. The van der Waals surface area contributed by atoms with Gasteiger partial charge in [0, 0.05) is 18.2 Å². The second-order valence-electron chi connectivity index (χ2n) is 6.19. The molecule has 0 N–H and O–H groups in total. The van der Waals surface area contributed by atoms with Crippen LogP contribution in [0.3, 0.4) is 0 Å². The predicted octanol–water partition coefficient (Wildman–Crippen LogP) is 2.38. The van der Waals surface area contributed by atoms with Crippen LogP contribution < -0.4 is 0 Å². The third kappa shape index (κ3) is 1.75. The predicted molar refractivity (Wildman–Crippen MR) is 85.4 cm³/mol. The van der Waals surface area contributed by atoms with E-state index in [0.717, 1.165) is 10.5 Å². The minimum atomic E-state index is -0.898. The molecule has 0 aromatic heterocycles. The number of hydrogen-bond acceptors (Lipinski definition) is 4. The second-order valence-corrected chi connectivity index (χ2v) is 6.19. The fourth-order valence-corrected chi connectivity index (χ4v) is 3.40. The van der Waals surface area contributed by atoms with Gasteiger partial charge in [-0.05, 0) is 24.6 Å². The molecule has 118 valence electrons. The molecule has 0 spiro atoms. The number of carbonyl (C=O) groups excluding carboxylic acids is 4. The molecule has 24 heavy (non-hydrogen) atoms. The first kappa shape index (κ1) is 14.5. The Morgan fingerprint density at radius 1 is 0.792 bits per heavy atom.